The predicted molar refractivity (Wildman–Crippen MR) is 61.8 cm³/mol. The van der Waals surface area contributed by atoms with E-state index in [0.29, 0.717) is 0 Å². The topological polar surface area (TPSA) is 25.2 Å². The van der Waals surface area contributed by atoms with Crippen molar-refractivity contribution >= 4 is 0 Å². The summed E-state index contributed by atoms with van der Waals surface area (Å²) in [6.07, 6.45) is 10.1. The molecule has 1 aromatic heterocycles. The molecule has 0 aliphatic heterocycles. The molecule has 2 heteroatoms. The number of rotatable bonds is 7. The first-order chi connectivity index (χ1) is 7.38. The summed E-state index contributed by atoms with van der Waals surface area (Å²) < 4.78 is 5.11. The summed E-state index contributed by atoms with van der Waals surface area (Å²) in [6, 6.07) is 2.91. The Bertz CT molecular complexity index is 264. The molecule has 0 aromatic carbocycles. The first kappa shape index (κ1) is 10.7. The van der Waals surface area contributed by atoms with Crippen molar-refractivity contribution in [3.05, 3.63) is 24.2 Å². The van der Waals surface area contributed by atoms with Crippen molar-refractivity contribution in [2.45, 2.75) is 45.1 Å². The lowest BCUT2D eigenvalue weighted by molar-refractivity contribution is 0.435. The Kier molecular flexibility index (Phi) is 3.84. The van der Waals surface area contributed by atoms with Gasteiger partial charge in [-0.05, 0) is 49.8 Å². The predicted octanol–water partition coefficient (Wildman–Crippen LogP) is 2.99. The fraction of sp³-hybridized carbons (Fsp3) is 0.692. The number of hydrogen-bond donors (Lipinski definition) is 1. The maximum atomic E-state index is 5.11. The zero-order valence-electron chi connectivity index (χ0n) is 9.54. The van der Waals surface area contributed by atoms with Gasteiger partial charge in [0.15, 0.2) is 0 Å². The smallest absolute Gasteiger partial charge is 0.0934 e. The van der Waals surface area contributed by atoms with E-state index in [4.69, 9.17) is 4.42 Å². The minimum absolute atomic E-state index is 0.771. The van der Waals surface area contributed by atoms with Crippen molar-refractivity contribution in [1.29, 1.82) is 0 Å². The normalized spacial score (nSPS) is 17.9. The second-order valence-electron chi connectivity index (χ2n) is 4.67. The molecule has 15 heavy (non-hydrogen) atoms. The van der Waals surface area contributed by atoms with Gasteiger partial charge in [-0.1, -0.05) is 13.3 Å². The van der Waals surface area contributed by atoms with Gasteiger partial charge in [0, 0.05) is 6.04 Å². The third-order valence-electron chi connectivity index (χ3n) is 3.07. The van der Waals surface area contributed by atoms with Gasteiger partial charge in [-0.3, -0.25) is 0 Å². The molecule has 1 N–H and O–H groups in total. The average molecular weight is 207 g/mol. The van der Waals surface area contributed by atoms with Crippen LogP contribution >= 0.6 is 0 Å². The summed E-state index contributed by atoms with van der Waals surface area (Å²) in [4.78, 5) is 0. The molecule has 0 bridgehead atoms. The van der Waals surface area contributed by atoms with Crippen molar-refractivity contribution in [3.63, 3.8) is 0 Å². The molecule has 2 rings (SSSR count). The quantitative estimate of drug-likeness (QED) is 0.743. The largest absolute Gasteiger partial charge is 0.472 e. The van der Waals surface area contributed by atoms with E-state index in [9.17, 15) is 0 Å². The minimum Gasteiger partial charge on any atom is -0.472 e. The number of furan rings is 1. The Morgan fingerprint density at radius 2 is 2.40 bits per heavy atom. The van der Waals surface area contributed by atoms with Crippen LogP contribution in [0.4, 0.5) is 0 Å². The van der Waals surface area contributed by atoms with Crippen LogP contribution in [0.25, 0.3) is 0 Å². The molecule has 1 fully saturated rings. The van der Waals surface area contributed by atoms with E-state index in [1.165, 1.54) is 37.8 Å². The van der Waals surface area contributed by atoms with Gasteiger partial charge >= 0.3 is 0 Å². The van der Waals surface area contributed by atoms with Gasteiger partial charge in [-0.15, -0.1) is 0 Å². The van der Waals surface area contributed by atoms with Gasteiger partial charge in [-0.25, -0.2) is 0 Å². The lowest BCUT2D eigenvalue weighted by Crippen LogP contribution is -2.25. The van der Waals surface area contributed by atoms with Crippen molar-refractivity contribution in [2.75, 3.05) is 6.54 Å². The fourth-order valence-corrected chi connectivity index (χ4v) is 2.05. The summed E-state index contributed by atoms with van der Waals surface area (Å²) in [7, 11) is 0. The van der Waals surface area contributed by atoms with Crippen LogP contribution in [0.15, 0.2) is 23.0 Å². The van der Waals surface area contributed by atoms with Crippen LogP contribution in [0.1, 0.15) is 38.2 Å². The van der Waals surface area contributed by atoms with Crippen LogP contribution in [-0.4, -0.2) is 12.6 Å². The Labute approximate surface area is 92.1 Å². The second kappa shape index (κ2) is 5.36. The van der Waals surface area contributed by atoms with Gasteiger partial charge in [0.05, 0.1) is 12.5 Å². The van der Waals surface area contributed by atoms with Crippen molar-refractivity contribution in [1.82, 2.24) is 5.32 Å². The third kappa shape index (κ3) is 3.71. The highest BCUT2D eigenvalue weighted by Crippen LogP contribution is 2.20. The summed E-state index contributed by atoms with van der Waals surface area (Å²) in [5.41, 5.74) is 1.34. The molecule has 1 aromatic rings. The van der Waals surface area contributed by atoms with E-state index in [0.717, 1.165) is 18.4 Å². The molecule has 2 nitrogen and oxygen atoms in total. The van der Waals surface area contributed by atoms with Crippen LogP contribution in [-0.2, 0) is 6.42 Å². The summed E-state index contributed by atoms with van der Waals surface area (Å²) in [5, 5.41) is 3.62. The number of hydrogen-bond acceptors (Lipinski definition) is 2. The monoisotopic (exact) mass is 207 g/mol. The van der Waals surface area contributed by atoms with E-state index >= 15 is 0 Å². The van der Waals surface area contributed by atoms with Crippen LogP contribution in [0.2, 0.25) is 0 Å². The van der Waals surface area contributed by atoms with Crippen molar-refractivity contribution in [3.8, 4) is 0 Å². The molecular weight excluding hydrogens is 186 g/mol. The molecule has 0 radical (unpaired) electrons. The Balaban J connectivity index is 1.76. The second-order valence-corrected chi connectivity index (χ2v) is 4.67. The average Bonchev–Trinajstić information content (AvgIpc) is 2.93. The summed E-state index contributed by atoms with van der Waals surface area (Å²) in [5.74, 6) is 0.771. The third-order valence-corrected chi connectivity index (χ3v) is 3.07. The molecule has 1 unspecified atom stereocenters. The first-order valence-corrected chi connectivity index (χ1v) is 6.13. The lowest BCUT2D eigenvalue weighted by atomic mass is 9.96. The maximum absolute atomic E-state index is 5.11. The number of nitrogens with one attached hydrogen (secondary N) is 1. The highest BCUT2D eigenvalue weighted by atomic mass is 16.3. The van der Waals surface area contributed by atoms with Gasteiger partial charge < -0.3 is 9.73 Å². The van der Waals surface area contributed by atoms with Crippen LogP contribution in [0.3, 0.4) is 0 Å². The molecule has 1 aliphatic carbocycles. The lowest BCUT2D eigenvalue weighted by Gasteiger charge is -2.15. The van der Waals surface area contributed by atoms with E-state index < -0.39 is 0 Å². The molecule has 1 atom stereocenters. The summed E-state index contributed by atoms with van der Waals surface area (Å²) >= 11 is 0. The highest BCUT2D eigenvalue weighted by molar-refractivity contribution is 5.06. The Morgan fingerprint density at radius 1 is 1.53 bits per heavy atom. The van der Waals surface area contributed by atoms with E-state index in [1.54, 1.807) is 6.26 Å². The molecule has 0 spiro atoms. The molecule has 1 aliphatic rings. The summed E-state index contributed by atoms with van der Waals surface area (Å²) in [6.45, 7) is 3.43. The highest BCUT2D eigenvalue weighted by Gasteiger charge is 2.21. The zero-order valence-corrected chi connectivity index (χ0v) is 9.54. The maximum Gasteiger partial charge on any atom is 0.0934 e. The fourth-order valence-electron chi connectivity index (χ4n) is 2.05. The molecule has 1 heterocycles. The van der Waals surface area contributed by atoms with Gasteiger partial charge in [0.2, 0.25) is 0 Å². The van der Waals surface area contributed by atoms with E-state index in [1.807, 2.05) is 6.26 Å². The molecule has 0 saturated heterocycles. The van der Waals surface area contributed by atoms with Gasteiger partial charge in [0.25, 0.3) is 0 Å². The first-order valence-electron chi connectivity index (χ1n) is 6.13. The molecular formula is C13H21NO. The van der Waals surface area contributed by atoms with Crippen molar-refractivity contribution < 1.29 is 4.42 Å². The molecule has 0 amide bonds. The van der Waals surface area contributed by atoms with Crippen LogP contribution in [0.5, 0.6) is 0 Å². The Hall–Kier alpha value is -0.760. The van der Waals surface area contributed by atoms with Crippen LogP contribution < -0.4 is 5.32 Å². The van der Waals surface area contributed by atoms with E-state index in [-0.39, 0.29) is 0 Å². The van der Waals surface area contributed by atoms with Gasteiger partial charge in [0.1, 0.15) is 0 Å². The van der Waals surface area contributed by atoms with E-state index in [2.05, 4.69) is 18.3 Å². The van der Waals surface area contributed by atoms with Crippen LogP contribution in [0, 0.1) is 5.92 Å². The Morgan fingerprint density at radius 3 is 3.00 bits per heavy atom. The minimum atomic E-state index is 0.771. The van der Waals surface area contributed by atoms with Gasteiger partial charge in [-0.2, -0.15) is 0 Å². The molecule has 84 valence electrons. The standard InChI is InChI=1S/C13H21NO/c1-2-3-11(9-14-13-4-5-13)8-12-6-7-15-10-12/h6-7,10-11,13-14H,2-5,8-9H2,1H3. The molecule has 1 saturated carbocycles. The zero-order chi connectivity index (χ0) is 10.5. The SMILES string of the molecule is CCCC(CNC1CC1)Cc1ccoc1. The van der Waals surface area contributed by atoms with Crippen molar-refractivity contribution in [2.24, 2.45) is 5.92 Å².